The number of carbonyl (C=O) groups is 1. The van der Waals surface area contributed by atoms with Crippen LogP contribution in [-0.2, 0) is 12.6 Å². The number of halogens is 4. The third-order valence-corrected chi connectivity index (χ3v) is 2.98. The van der Waals surface area contributed by atoms with Gasteiger partial charge in [-0.25, -0.2) is 14.8 Å². The van der Waals surface area contributed by atoms with E-state index in [0.717, 1.165) is 12.1 Å². The molecule has 2 aromatic rings. The molecular weight excluding hydrogens is 297 g/mol. The quantitative estimate of drug-likeness (QED) is 0.921. The van der Waals surface area contributed by atoms with Gasteiger partial charge in [-0.2, -0.15) is 13.2 Å². The highest BCUT2D eigenvalue weighted by molar-refractivity contribution is 6.32. The number of hydrogen-bond acceptors (Lipinski definition) is 3. The molecule has 1 N–H and O–H groups in total. The maximum atomic E-state index is 12.8. The average Bonchev–Trinajstić information content (AvgIpc) is 2.35. The van der Waals surface area contributed by atoms with Crippen LogP contribution in [0.2, 0.25) is 5.15 Å². The van der Waals surface area contributed by atoms with Gasteiger partial charge < -0.3 is 5.11 Å². The Morgan fingerprint density at radius 3 is 2.50 bits per heavy atom. The van der Waals surface area contributed by atoms with Crippen molar-refractivity contribution in [3.05, 3.63) is 34.1 Å². The van der Waals surface area contributed by atoms with Crippen LogP contribution in [0.25, 0.3) is 11.0 Å². The number of aromatic carboxylic acids is 1. The predicted octanol–water partition coefficient (Wildman–Crippen LogP) is 3.56. The molecule has 8 heteroatoms. The molecule has 2 rings (SSSR count). The van der Waals surface area contributed by atoms with Gasteiger partial charge in [0.1, 0.15) is 0 Å². The molecule has 0 radical (unpaired) electrons. The summed E-state index contributed by atoms with van der Waals surface area (Å²) in [6, 6.07) is 1.73. The Bertz CT molecular complexity index is 701. The zero-order valence-electron chi connectivity index (χ0n) is 10.1. The van der Waals surface area contributed by atoms with E-state index in [1.807, 2.05) is 0 Å². The topological polar surface area (TPSA) is 63.1 Å². The smallest absolute Gasteiger partial charge is 0.416 e. The van der Waals surface area contributed by atoms with E-state index in [1.165, 1.54) is 0 Å². The number of fused-ring (bicyclic) bond motifs is 1. The van der Waals surface area contributed by atoms with Crippen molar-refractivity contribution in [2.45, 2.75) is 19.5 Å². The molecule has 0 atom stereocenters. The normalized spacial score (nSPS) is 11.8. The lowest BCUT2D eigenvalue weighted by molar-refractivity contribution is -0.137. The molecule has 1 aromatic heterocycles. The Hall–Kier alpha value is -1.89. The monoisotopic (exact) mass is 304 g/mol. The van der Waals surface area contributed by atoms with Gasteiger partial charge >= 0.3 is 12.1 Å². The number of benzene rings is 1. The van der Waals surface area contributed by atoms with Crippen molar-refractivity contribution in [1.29, 1.82) is 0 Å². The van der Waals surface area contributed by atoms with Crippen LogP contribution in [0.1, 0.15) is 28.5 Å². The molecule has 0 aliphatic heterocycles. The Kier molecular flexibility index (Phi) is 3.56. The van der Waals surface area contributed by atoms with E-state index >= 15 is 0 Å². The van der Waals surface area contributed by atoms with Gasteiger partial charge in [-0.15, -0.1) is 0 Å². The molecule has 0 spiro atoms. The van der Waals surface area contributed by atoms with Crippen molar-refractivity contribution in [2.75, 3.05) is 0 Å². The first kappa shape index (κ1) is 14.5. The fourth-order valence-electron chi connectivity index (χ4n) is 1.78. The number of aryl methyl sites for hydroxylation is 1. The van der Waals surface area contributed by atoms with E-state index in [0.29, 0.717) is 5.56 Å². The summed E-state index contributed by atoms with van der Waals surface area (Å²) < 4.78 is 38.3. The van der Waals surface area contributed by atoms with E-state index in [9.17, 15) is 18.0 Å². The van der Waals surface area contributed by atoms with Crippen LogP contribution >= 0.6 is 11.6 Å². The molecule has 4 nitrogen and oxygen atoms in total. The second-order valence-electron chi connectivity index (χ2n) is 4.02. The maximum Gasteiger partial charge on any atom is 0.416 e. The fraction of sp³-hybridized carbons (Fsp3) is 0.250. The highest BCUT2D eigenvalue weighted by Gasteiger charge is 2.32. The first-order valence-electron chi connectivity index (χ1n) is 5.54. The van der Waals surface area contributed by atoms with E-state index in [2.05, 4.69) is 9.97 Å². The minimum absolute atomic E-state index is 0.140. The Labute approximate surface area is 116 Å². The van der Waals surface area contributed by atoms with E-state index < -0.39 is 23.4 Å². The van der Waals surface area contributed by atoms with Gasteiger partial charge in [-0.05, 0) is 24.1 Å². The summed E-state index contributed by atoms with van der Waals surface area (Å²) in [5.41, 5.74) is -1.12. The SMILES string of the molecule is CCc1cc(C(F)(F)F)cc2nc(C(=O)O)c(Cl)nc12. The van der Waals surface area contributed by atoms with Crippen LogP contribution in [-0.4, -0.2) is 21.0 Å². The van der Waals surface area contributed by atoms with Crippen molar-refractivity contribution < 1.29 is 23.1 Å². The first-order valence-corrected chi connectivity index (χ1v) is 5.92. The maximum absolute atomic E-state index is 12.8. The molecule has 0 unspecified atom stereocenters. The second-order valence-corrected chi connectivity index (χ2v) is 4.38. The Morgan fingerprint density at radius 1 is 1.35 bits per heavy atom. The molecule has 1 heterocycles. The van der Waals surface area contributed by atoms with Crippen LogP contribution in [0.3, 0.4) is 0 Å². The predicted molar refractivity (Wildman–Crippen MR) is 65.9 cm³/mol. The zero-order valence-corrected chi connectivity index (χ0v) is 10.9. The van der Waals surface area contributed by atoms with Crippen LogP contribution in [0.5, 0.6) is 0 Å². The lowest BCUT2D eigenvalue weighted by Gasteiger charge is -2.11. The van der Waals surface area contributed by atoms with Crippen molar-refractivity contribution in [3.63, 3.8) is 0 Å². The van der Waals surface area contributed by atoms with Crippen molar-refractivity contribution >= 4 is 28.6 Å². The van der Waals surface area contributed by atoms with Crippen molar-refractivity contribution in [3.8, 4) is 0 Å². The summed E-state index contributed by atoms with van der Waals surface area (Å²) in [4.78, 5) is 18.4. The molecule has 0 bridgehead atoms. The van der Waals surface area contributed by atoms with Crippen LogP contribution < -0.4 is 0 Å². The number of carboxylic acids is 1. The summed E-state index contributed by atoms with van der Waals surface area (Å²) >= 11 is 5.68. The van der Waals surface area contributed by atoms with Crippen LogP contribution in [0.15, 0.2) is 12.1 Å². The highest BCUT2D eigenvalue weighted by atomic mass is 35.5. The first-order chi connectivity index (χ1) is 9.24. The van der Waals surface area contributed by atoms with E-state index in [4.69, 9.17) is 16.7 Å². The largest absolute Gasteiger partial charge is 0.476 e. The average molecular weight is 305 g/mol. The summed E-state index contributed by atoms with van der Waals surface area (Å²) in [7, 11) is 0. The Balaban J connectivity index is 2.82. The molecular formula is C12H8ClF3N2O2. The number of hydrogen-bond donors (Lipinski definition) is 1. The standard InChI is InChI=1S/C12H8ClF3N2O2/c1-2-5-3-6(12(14,15)16)4-7-8(5)18-10(13)9(17-7)11(19)20/h3-4H,2H2,1H3,(H,19,20). The fourth-order valence-corrected chi connectivity index (χ4v) is 1.99. The third kappa shape index (κ3) is 2.53. The lowest BCUT2D eigenvalue weighted by atomic mass is 10.1. The molecule has 1 aromatic carbocycles. The summed E-state index contributed by atoms with van der Waals surface area (Å²) in [5, 5.41) is 8.52. The number of aromatic nitrogens is 2. The lowest BCUT2D eigenvalue weighted by Crippen LogP contribution is -2.09. The molecule has 0 aliphatic rings. The highest BCUT2D eigenvalue weighted by Crippen LogP contribution is 2.33. The minimum atomic E-state index is -4.54. The summed E-state index contributed by atoms with van der Waals surface area (Å²) in [5.74, 6) is -1.44. The van der Waals surface area contributed by atoms with Gasteiger partial charge in [0.15, 0.2) is 10.8 Å². The number of nitrogens with zero attached hydrogens (tertiary/aromatic N) is 2. The number of rotatable bonds is 2. The van der Waals surface area contributed by atoms with Crippen LogP contribution in [0.4, 0.5) is 13.2 Å². The van der Waals surface area contributed by atoms with Crippen LogP contribution in [0, 0.1) is 0 Å². The molecule has 0 amide bonds. The van der Waals surface area contributed by atoms with E-state index in [1.54, 1.807) is 6.92 Å². The summed E-state index contributed by atoms with van der Waals surface area (Å²) in [6.45, 7) is 1.66. The van der Waals surface area contributed by atoms with E-state index in [-0.39, 0.29) is 22.6 Å². The zero-order chi connectivity index (χ0) is 15.1. The van der Waals surface area contributed by atoms with Gasteiger partial charge in [0.05, 0.1) is 16.6 Å². The molecule has 0 saturated heterocycles. The third-order valence-electron chi connectivity index (χ3n) is 2.72. The van der Waals surface area contributed by atoms with Crippen molar-refractivity contribution in [1.82, 2.24) is 9.97 Å². The minimum Gasteiger partial charge on any atom is -0.476 e. The van der Waals surface area contributed by atoms with Gasteiger partial charge in [0.25, 0.3) is 0 Å². The Morgan fingerprint density at radius 2 is 2.00 bits per heavy atom. The molecule has 0 aliphatic carbocycles. The van der Waals surface area contributed by atoms with Gasteiger partial charge in [-0.1, -0.05) is 18.5 Å². The molecule has 20 heavy (non-hydrogen) atoms. The molecule has 106 valence electrons. The van der Waals surface area contributed by atoms with Gasteiger partial charge in [-0.3, -0.25) is 0 Å². The number of carboxylic acid groups (broad SMARTS) is 1. The second kappa shape index (κ2) is 4.90. The van der Waals surface area contributed by atoms with Crippen molar-refractivity contribution in [2.24, 2.45) is 0 Å². The molecule has 0 saturated carbocycles. The summed E-state index contributed by atoms with van der Waals surface area (Å²) in [6.07, 6.45) is -4.25. The number of alkyl halides is 3. The van der Waals surface area contributed by atoms with Gasteiger partial charge in [0.2, 0.25) is 0 Å². The van der Waals surface area contributed by atoms with Gasteiger partial charge in [0, 0.05) is 0 Å². The molecule has 0 fully saturated rings.